The van der Waals surface area contributed by atoms with Crippen LogP contribution in [0.15, 0.2) is 33.6 Å². The zero-order valence-corrected chi connectivity index (χ0v) is 17.3. The second-order valence-corrected chi connectivity index (χ2v) is 9.80. The molecule has 1 aromatic heterocycles. The molecule has 1 spiro atoms. The average molecular weight is 407 g/mol. The van der Waals surface area contributed by atoms with Gasteiger partial charge in [-0.3, -0.25) is 0 Å². The van der Waals surface area contributed by atoms with Crippen molar-refractivity contribution in [3.8, 4) is 5.75 Å². The highest BCUT2D eigenvalue weighted by Gasteiger charge is 2.58. The van der Waals surface area contributed by atoms with Gasteiger partial charge in [-0.25, -0.2) is 8.42 Å². The Bertz CT molecular complexity index is 935. The van der Waals surface area contributed by atoms with Crippen molar-refractivity contribution in [2.75, 3.05) is 39.8 Å². The van der Waals surface area contributed by atoms with Crippen molar-refractivity contribution >= 4 is 10.0 Å². The van der Waals surface area contributed by atoms with Gasteiger partial charge in [0.25, 0.3) is 0 Å². The lowest BCUT2D eigenvalue weighted by Crippen LogP contribution is -2.61. The largest absolute Gasteiger partial charge is 0.494 e. The standard InChI is InChI=1S/C19H26N4O4S/c1-4-9-26-15-5-7-16(8-6-15)28(24,25)23-12-19(13-23)11-22(3)10-17(19)18-21-20-14(2)27-18/h5-8,17H,4,9-13H2,1-3H3. The number of likely N-dealkylation sites (tertiary alicyclic amines) is 1. The number of nitrogens with zero attached hydrogens (tertiary/aromatic N) is 4. The van der Waals surface area contributed by atoms with E-state index in [1.54, 1.807) is 35.5 Å². The first-order valence-electron chi connectivity index (χ1n) is 9.56. The van der Waals surface area contributed by atoms with E-state index in [1.165, 1.54) is 0 Å². The summed E-state index contributed by atoms with van der Waals surface area (Å²) in [5, 5.41) is 8.14. The maximum atomic E-state index is 13.0. The van der Waals surface area contributed by atoms with Crippen LogP contribution >= 0.6 is 0 Å². The van der Waals surface area contributed by atoms with Crippen LogP contribution in [0, 0.1) is 12.3 Å². The summed E-state index contributed by atoms with van der Waals surface area (Å²) >= 11 is 0. The lowest BCUT2D eigenvalue weighted by atomic mass is 9.73. The fourth-order valence-corrected chi connectivity index (χ4v) is 5.87. The van der Waals surface area contributed by atoms with E-state index in [2.05, 4.69) is 15.1 Å². The molecule has 3 heterocycles. The van der Waals surface area contributed by atoms with Crippen molar-refractivity contribution in [1.29, 1.82) is 0 Å². The number of hydrogen-bond acceptors (Lipinski definition) is 7. The van der Waals surface area contributed by atoms with Crippen molar-refractivity contribution in [2.24, 2.45) is 5.41 Å². The van der Waals surface area contributed by atoms with Crippen LogP contribution < -0.4 is 4.74 Å². The Balaban J connectivity index is 1.50. The third kappa shape index (κ3) is 3.31. The zero-order valence-electron chi connectivity index (χ0n) is 16.5. The van der Waals surface area contributed by atoms with Crippen LogP contribution in [0.5, 0.6) is 5.75 Å². The topological polar surface area (TPSA) is 88.8 Å². The molecule has 0 N–H and O–H groups in total. The number of sulfonamides is 1. The maximum Gasteiger partial charge on any atom is 0.243 e. The Morgan fingerprint density at radius 1 is 1.21 bits per heavy atom. The van der Waals surface area contributed by atoms with E-state index in [0.29, 0.717) is 42.1 Å². The summed E-state index contributed by atoms with van der Waals surface area (Å²) in [4.78, 5) is 2.50. The van der Waals surface area contributed by atoms with Crippen molar-refractivity contribution < 1.29 is 17.6 Å². The van der Waals surface area contributed by atoms with Gasteiger partial charge in [-0.2, -0.15) is 4.31 Å². The van der Waals surface area contributed by atoms with Gasteiger partial charge in [-0.15, -0.1) is 10.2 Å². The van der Waals surface area contributed by atoms with Crippen LogP contribution in [-0.2, 0) is 10.0 Å². The van der Waals surface area contributed by atoms with Crippen molar-refractivity contribution in [3.63, 3.8) is 0 Å². The Morgan fingerprint density at radius 3 is 2.54 bits per heavy atom. The van der Waals surface area contributed by atoms with Crippen molar-refractivity contribution in [1.82, 2.24) is 19.4 Å². The average Bonchev–Trinajstić information content (AvgIpc) is 3.22. The first kappa shape index (κ1) is 19.4. The lowest BCUT2D eigenvalue weighted by molar-refractivity contribution is 0.0581. The molecule has 2 aliphatic heterocycles. The van der Waals surface area contributed by atoms with Crippen LogP contribution in [-0.4, -0.2) is 67.7 Å². The molecular formula is C19H26N4O4S. The molecule has 28 heavy (non-hydrogen) atoms. The van der Waals surface area contributed by atoms with Gasteiger partial charge in [0.1, 0.15) is 5.75 Å². The van der Waals surface area contributed by atoms with Gasteiger partial charge in [-0.05, 0) is 37.7 Å². The molecule has 152 valence electrons. The van der Waals surface area contributed by atoms with Crippen LogP contribution in [0.25, 0.3) is 0 Å². The second-order valence-electron chi connectivity index (χ2n) is 7.86. The Hall–Kier alpha value is -1.97. The Kier molecular flexibility index (Phi) is 4.93. The number of benzene rings is 1. The van der Waals surface area contributed by atoms with Crippen molar-refractivity contribution in [3.05, 3.63) is 36.0 Å². The highest BCUT2D eigenvalue weighted by Crippen LogP contribution is 2.49. The molecular weight excluding hydrogens is 380 g/mol. The van der Waals surface area contributed by atoms with Gasteiger partial charge >= 0.3 is 0 Å². The summed E-state index contributed by atoms with van der Waals surface area (Å²) in [6, 6.07) is 6.66. The SMILES string of the molecule is CCCOc1ccc(S(=O)(=O)N2CC3(CN(C)CC3c3nnc(C)o3)C2)cc1. The predicted molar refractivity (Wildman–Crippen MR) is 103 cm³/mol. The van der Waals surface area contributed by atoms with Crippen LogP contribution in [0.2, 0.25) is 0 Å². The summed E-state index contributed by atoms with van der Waals surface area (Å²) in [5.74, 6) is 1.88. The molecule has 1 unspecified atom stereocenters. The summed E-state index contributed by atoms with van der Waals surface area (Å²) in [5.41, 5.74) is -0.176. The van der Waals surface area contributed by atoms with E-state index < -0.39 is 10.0 Å². The number of ether oxygens (including phenoxy) is 1. The quantitative estimate of drug-likeness (QED) is 0.724. The minimum atomic E-state index is -3.53. The van der Waals surface area contributed by atoms with E-state index >= 15 is 0 Å². The van der Waals surface area contributed by atoms with E-state index in [9.17, 15) is 8.42 Å². The first-order valence-corrected chi connectivity index (χ1v) is 11.0. The van der Waals surface area contributed by atoms with Crippen LogP contribution in [0.1, 0.15) is 31.0 Å². The van der Waals surface area contributed by atoms with Crippen molar-refractivity contribution in [2.45, 2.75) is 31.1 Å². The zero-order chi connectivity index (χ0) is 19.9. The molecule has 2 aromatic rings. The Morgan fingerprint density at radius 2 is 1.93 bits per heavy atom. The van der Waals surface area contributed by atoms with Crippen LogP contribution in [0.4, 0.5) is 0 Å². The van der Waals surface area contributed by atoms with E-state index in [4.69, 9.17) is 9.15 Å². The summed E-state index contributed by atoms with van der Waals surface area (Å²) in [7, 11) is -1.49. The van der Waals surface area contributed by atoms with Gasteiger partial charge in [0.05, 0.1) is 17.4 Å². The molecule has 0 radical (unpaired) electrons. The summed E-state index contributed by atoms with van der Waals surface area (Å²) in [6.45, 7) is 6.94. The molecule has 1 aromatic carbocycles. The highest BCUT2D eigenvalue weighted by molar-refractivity contribution is 7.89. The summed E-state index contributed by atoms with van der Waals surface area (Å²) < 4.78 is 38.8. The van der Waals surface area contributed by atoms with Gasteiger partial charge in [-0.1, -0.05) is 6.92 Å². The molecule has 9 heteroatoms. The van der Waals surface area contributed by atoms with E-state index in [-0.39, 0.29) is 11.3 Å². The van der Waals surface area contributed by atoms with Gasteiger partial charge in [0.2, 0.25) is 21.8 Å². The number of likely N-dealkylation sites (N-methyl/N-ethyl adjacent to an activating group) is 1. The maximum absolute atomic E-state index is 13.0. The molecule has 0 saturated carbocycles. The minimum absolute atomic E-state index is 0.0509. The second kappa shape index (κ2) is 7.13. The van der Waals surface area contributed by atoms with Gasteiger partial charge in [0, 0.05) is 38.5 Å². The molecule has 0 amide bonds. The normalized spacial score (nSPS) is 22.5. The third-order valence-electron chi connectivity index (χ3n) is 5.57. The smallest absolute Gasteiger partial charge is 0.243 e. The fraction of sp³-hybridized carbons (Fsp3) is 0.579. The van der Waals surface area contributed by atoms with Gasteiger partial charge < -0.3 is 14.1 Å². The molecule has 1 atom stereocenters. The third-order valence-corrected chi connectivity index (χ3v) is 7.38. The highest BCUT2D eigenvalue weighted by atomic mass is 32.2. The Labute approximate surface area is 165 Å². The lowest BCUT2D eigenvalue weighted by Gasteiger charge is -2.49. The number of hydrogen-bond donors (Lipinski definition) is 0. The number of aromatic nitrogens is 2. The molecule has 2 aliphatic rings. The number of rotatable bonds is 6. The number of aryl methyl sites for hydroxylation is 1. The first-order chi connectivity index (χ1) is 13.3. The van der Waals surface area contributed by atoms with E-state index in [1.807, 2.05) is 14.0 Å². The van der Waals surface area contributed by atoms with E-state index in [0.717, 1.165) is 19.5 Å². The molecule has 4 rings (SSSR count). The minimum Gasteiger partial charge on any atom is -0.494 e. The van der Waals surface area contributed by atoms with Crippen LogP contribution in [0.3, 0.4) is 0 Å². The molecule has 0 bridgehead atoms. The molecule has 2 fully saturated rings. The molecule has 2 saturated heterocycles. The summed E-state index contributed by atoms with van der Waals surface area (Å²) in [6.07, 6.45) is 0.908. The molecule has 0 aliphatic carbocycles. The predicted octanol–water partition coefficient (Wildman–Crippen LogP) is 1.89. The monoisotopic (exact) mass is 406 g/mol. The molecule has 8 nitrogen and oxygen atoms in total. The van der Waals surface area contributed by atoms with Gasteiger partial charge in [0.15, 0.2) is 0 Å². The fourth-order valence-electron chi connectivity index (χ4n) is 4.23.